The summed E-state index contributed by atoms with van der Waals surface area (Å²) < 4.78 is 10.4. The molecule has 8 heteroatoms. The molecule has 0 aliphatic carbocycles. The van der Waals surface area contributed by atoms with Gasteiger partial charge in [-0.25, -0.2) is 0 Å². The Morgan fingerprint density at radius 2 is 0.629 bits per heavy atom. The highest BCUT2D eigenvalue weighted by molar-refractivity contribution is 5.69. The molecular formula is C27H48O8. The van der Waals surface area contributed by atoms with Crippen LogP contribution in [-0.2, 0) is 28.7 Å². The maximum Gasteiger partial charge on any atom is 0.305 e. The van der Waals surface area contributed by atoms with E-state index in [-0.39, 0.29) is 38.0 Å². The number of esters is 2. The van der Waals surface area contributed by atoms with Crippen LogP contribution in [-0.4, -0.2) is 47.3 Å². The van der Waals surface area contributed by atoms with Crippen LogP contribution in [0.4, 0.5) is 0 Å². The second-order valence-electron chi connectivity index (χ2n) is 9.24. The third-order valence-electron chi connectivity index (χ3n) is 5.86. The van der Waals surface area contributed by atoms with E-state index in [4.69, 9.17) is 19.7 Å². The standard InChI is InChI=1S/C27H48O8/c28-24(29)18-13-9-5-1-3-7-11-15-20-26(32)34-22-17-23-35-27(33)21-16-12-8-4-2-6-10-14-19-25(30)31/h1-23H2,(H,28,29)(H,30,31). The van der Waals surface area contributed by atoms with Gasteiger partial charge in [-0.1, -0.05) is 77.0 Å². The van der Waals surface area contributed by atoms with Crippen LogP contribution in [0.25, 0.3) is 0 Å². The van der Waals surface area contributed by atoms with E-state index < -0.39 is 11.9 Å². The molecule has 0 aromatic rings. The van der Waals surface area contributed by atoms with Gasteiger partial charge in [-0.05, 0) is 25.7 Å². The number of rotatable bonds is 26. The van der Waals surface area contributed by atoms with E-state index in [1.54, 1.807) is 0 Å². The van der Waals surface area contributed by atoms with Gasteiger partial charge < -0.3 is 19.7 Å². The van der Waals surface area contributed by atoms with Crippen LogP contribution in [0, 0.1) is 0 Å². The van der Waals surface area contributed by atoms with E-state index in [0.29, 0.717) is 19.3 Å². The lowest BCUT2D eigenvalue weighted by molar-refractivity contribution is -0.146. The average molecular weight is 501 g/mol. The molecule has 0 aliphatic heterocycles. The largest absolute Gasteiger partial charge is 0.481 e. The lowest BCUT2D eigenvalue weighted by Crippen LogP contribution is -2.10. The molecule has 0 atom stereocenters. The van der Waals surface area contributed by atoms with Crippen molar-refractivity contribution in [3.63, 3.8) is 0 Å². The Hall–Kier alpha value is -2.12. The van der Waals surface area contributed by atoms with E-state index in [9.17, 15) is 19.2 Å². The molecule has 0 saturated heterocycles. The highest BCUT2D eigenvalue weighted by atomic mass is 16.5. The van der Waals surface area contributed by atoms with Crippen molar-refractivity contribution in [2.24, 2.45) is 0 Å². The number of carbonyl (C=O) groups is 4. The molecule has 35 heavy (non-hydrogen) atoms. The molecule has 0 radical (unpaired) electrons. The number of ether oxygens (including phenoxy) is 2. The summed E-state index contributed by atoms with van der Waals surface area (Å²) in [5, 5.41) is 17.2. The highest BCUT2D eigenvalue weighted by Crippen LogP contribution is 2.12. The number of hydrogen-bond acceptors (Lipinski definition) is 6. The SMILES string of the molecule is O=C(O)CCCCCCCCCCC(=O)OCCCOC(=O)CCCCCCCCCCC(=O)O. The van der Waals surface area contributed by atoms with Gasteiger partial charge in [0.1, 0.15) is 0 Å². The fourth-order valence-corrected chi connectivity index (χ4v) is 3.79. The molecule has 0 aromatic carbocycles. The summed E-state index contributed by atoms with van der Waals surface area (Å²) in [5.41, 5.74) is 0. The fraction of sp³-hybridized carbons (Fsp3) is 0.852. The van der Waals surface area contributed by atoms with E-state index in [0.717, 1.165) is 103 Å². The first-order chi connectivity index (χ1) is 16.9. The molecule has 0 bridgehead atoms. The number of carboxylic acids is 2. The molecule has 0 aliphatic rings. The summed E-state index contributed by atoms with van der Waals surface area (Å²) in [6.45, 7) is 0.545. The molecule has 0 rings (SSSR count). The van der Waals surface area contributed by atoms with Crippen LogP contribution < -0.4 is 0 Å². The summed E-state index contributed by atoms with van der Waals surface area (Å²) in [6, 6.07) is 0. The smallest absolute Gasteiger partial charge is 0.305 e. The number of unbranched alkanes of at least 4 members (excludes halogenated alkanes) is 14. The van der Waals surface area contributed by atoms with Gasteiger partial charge in [-0.2, -0.15) is 0 Å². The van der Waals surface area contributed by atoms with Crippen LogP contribution in [0.5, 0.6) is 0 Å². The summed E-state index contributed by atoms with van der Waals surface area (Å²) in [7, 11) is 0. The van der Waals surface area contributed by atoms with Crippen molar-refractivity contribution in [3.8, 4) is 0 Å². The number of carboxylic acid groups (broad SMARTS) is 2. The summed E-state index contributed by atoms with van der Waals surface area (Å²) in [4.78, 5) is 44.3. The van der Waals surface area contributed by atoms with Gasteiger partial charge >= 0.3 is 23.9 Å². The molecule has 0 saturated carbocycles. The van der Waals surface area contributed by atoms with Gasteiger partial charge in [-0.15, -0.1) is 0 Å². The first-order valence-corrected chi connectivity index (χ1v) is 13.7. The Morgan fingerprint density at radius 3 is 0.914 bits per heavy atom. The number of aliphatic carboxylic acids is 2. The van der Waals surface area contributed by atoms with Crippen LogP contribution in [0.1, 0.15) is 135 Å². The minimum absolute atomic E-state index is 0.202. The highest BCUT2D eigenvalue weighted by Gasteiger charge is 2.05. The molecule has 2 N–H and O–H groups in total. The predicted molar refractivity (Wildman–Crippen MR) is 134 cm³/mol. The summed E-state index contributed by atoms with van der Waals surface area (Å²) in [5.74, 6) is -1.86. The maximum atomic E-state index is 11.7. The van der Waals surface area contributed by atoms with E-state index in [1.165, 1.54) is 0 Å². The van der Waals surface area contributed by atoms with Crippen molar-refractivity contribution in [2.45, 2.75) is 135 Å². The zero-order chi connectivity index (χ0) is 26.0. The lowest BCUT2D eigenvalue weighted by Gasteiger charge is -2.07. The van der Waals surface area contributed by atoms with Gasteiger partial charge in [-0.3, -0.25) is 19.2 Å². The third-order valence-corrected chi connectivity index (χ3v) is 5.86. The monoisotopic (exact) mass is 500 g/mol. The predicted octanol–water partition coefficient (Wildman–Crippen LogP) is 6.43. The quantitative estimate of drug-likeness (QED) is 0.103. The number of hydrogen-bond donors (Lipinski definition) is 2. The van der Waals surface area contributed by atoms with Gasteiger partial charge in [0.25, 0.3) is 0 Å². The van der Waals surface area contributed by atoms with Crippen LogP contribution >= 0.6 is 0 Å². The molecule has 0 fully saturated rings. The Balaban J connectivity index is 3.31. The van der Waals surface area contributed by atoms with Crippen LogP contribution in [0.15, 0.2) is 0 Å². The lowest BCUT2D eigenvalue weighted by atomic mass is 10.1. The van der Waals surface area contributed by atoms with Gasteiger partial charge in [0.05, 0.1) is 13.2 Å². The van der Waals surface area contributed by atoms with Crippen LogP contribution in [0.3, 0.4) is 0 Å². The van der Waals surface area contributed by atoms with Crippen molar-refractivity contribution in [1.29, 1.82) is 0 Å². The van der Waals surface area contributed by atoms with Crippen molar-refractivity contribution in [1.82, 2.24) is 0 Å². The zero-order valence-electron chi connectivity index (χ0n) is 21.6. The molecule has 0 aromatic heterocycles. The van der Waals surface area contributed by atoms with Crippen molar-refractivity contribution in [2.75, 3.05) is 13.2 Å². The molecule has 0 amide bonds. The minimum atomic E-state index is -0.726. The number of carbonyl (C=O) groups excluding carboxylic acids is 2. The first kappa shape index (κ1) is 32.9. The first-order valence-electron chi connectivity index (χ1n) is 13.7. The Bertz CT molecular complexity index is 513. The topological polar surface area (TPSA) is 127 Å². The molecule has 204 valence electrons. The van der Waals surface area contributed by atoms with Crippen molar-refractivity contribution < 1.29 is 38.9 Å². The fourth-order valence-electron chi connectivity index (χ4n) is 3.79. The van der Waals surface area contributed by atoms with Crippen molar-refractivity contribution in [3.05, 3.63) is 0 Å². The summed E-state index contributed by atoms with van der Waals surface area (Å²) in [6.07, 6.45) is 17.7. The molecular weight excluding hydrogens is 452 g/mol. The van der Waals surface area contributed by atoms with E-state index in [1.807, 2.05) is 0 Å². The Labute approximate surface area is 211 Å². The Kier molecular flexibility index (Phi) is 23.5. The van der Waals surface area contributed by atoms with Gasteiger partial charge in [0.2, 0.25) is 0 Å². The average Bonchev–Trinajstić information content (AvgIpc) is 2.80. The normalized spacial score (nSPS) is 10.7. The van der Waals surface area contributed by atoms with Gasteiger partial charge in [0.15, 0.2) is 0 Å². The van der Waals surface area contributed by atoms with E-state index >= 15 is 0 Å². The molecule has 0 unspecified atom stereocenters. The second-order valence-corrected chi connectivity index (χ2v) is 9.24. The minimum Gasteiger partial charge on any atom is -0.481 e. The van der Waals surface area contributed by atoms with Crippen molar-refractivity contribution >= 4 is 23.9 Å². The molecule has 0 heterocycles. The Morgan fingerprint density at radius 1 is 0.371 bits per heavy atom. The molecule has 8 nitrogen and oxygen atoms in total. The second kappa shape index (κ2) is 25.0. The van der Waals surface area contributed by atoms with Crippen LogP contribution in [0.2, 0.25) is 0 Å². The third kappa shape index (κ3) is 28.0. The van der Waals surface area contributed by atoms with Gasteiger partial charge in [0, 0.05) is 32.1 Å². The maximum absolute atomic E-state index is 11.7. The van der Waals surface area contributed by atoms with E-state index in [2.05, 4.69) is 0 Å². The zero-order valence-corrected chi connectivity index (χ0v) is 21.6. The summed E-state index contributed by atoms with van der Waals surface area (Å²) >= 11 is 0. The molecule has 0 spiro atoms.